The molecule has 1 saturated heterocycles. The van der Waals surface area contributed by atoms with Crippen LogP contribution in [0.2, 0.25) is 10.0 Å². The van der Waals surface area contributed by atoms with Crippen LogP contribution in [-0.2, 0) is 32.8 Å². The van der Waals surface area contributed by atoms with Crippen molar-refractivity contribution in [2.24, 2.45) is 0 Å². The highest BCUT2D eigenvalue weighted by atomic mass is 35.5. The van der Waals surface area contributed by atoms with E-state index >= 15 is 0 Å². The zero-order valence-corrected chi connectivity index (χ0v) is 26.7. The molecular weight excluding hydrogens is 611 g/mol. The Morgan fingerprint density at radius 2 is 1.50 bits per heavy atom. The van der Waals surface area contributed by atoms with Crippen molar-refractivity contribution < 1.29 is 20.7 Å². The van der Waals surface area contributed by atoms with Gasteiger partial charge in [0.25, 0.3) is 0 Å². The molecule has 5 rings (SSSR count). The molecule has 0 saturated carbocycles. The van der Waals surface area contributed by atoms with E-state index in [1.165, 1.54) is 6.26 Å². The molecule has 0 atom stereocenters. The van der Waals surface area contributed by atoms with Gasteiger partial charge >= 0.3 is 10.0 Å². The van der Waals surface area contributed by atoms with E-state index in [9.17, 15) is 16.8 Å². The Kier molecular flexibility index (Phi) is 9.30. The maximum atomic E-state index is 13.9. The Hall–Kier alpha value is -2.49. The van der Waals surface area contributed by atoms with Crippen LogP contribution in [0, 0.1) is 0 Å². The van der Waals surface area contributed by atoms with Gasteiger partial charge in [-0.25, -0.2) is 12.3 Å². The average molecular weight is 647 g/mol. The van der Waals surface area contributed by atoms with E-state index in [0.29, 0.717) is 31.1 Å². The predicted octanol–water partition coefficient (Wildman–Crippen LogP) is 7.47. The molecule has 0 bridgehead atoms. The monoisotopic (exact) mass is 645 g/mol. The number of benzene rings is 3. The summed E-state index contributed by atoms with van der Waals surface area (Å²) in [6.45, 7) is 1.35. The first-order valence-corrected chi connectivity index (χ1v) is 18.4. The summed E-state index contributed by atoms with van der Waals surface area (Å²) in [6.07, 6.45) is 8.29. The van der Waals surface area contributed by atoms with Gasteiger partial charge in [-0.15, -0.1) is 0 Å². The maximum absolute atomic E-state index is 13.9. The van der Waals surface area contributed by atoms with E-state index in [-0.39, 0.29) is 19.6 Å². The zero-order valence-electron chi connectivity index (χ0n) is 23.6. The fourth-order valence-corrected chi connectivity index (χ4v) is 8.73. The number of hydrogen-bond donors (Lipinski definition) is 0. The maximum Gasteiger partial charge on any atom is 0.329 e. The molecule has 222 valence electrons. The van der Waals surface area contributed by atoms with Crippen molar-refractivity contribution in [3.8, 4) is 11.3 Å². The molecule has 3 aromatic carbocycles. The number of fused-ring (bicyclic) bond motifs is 1. The lowest BCUT2D eigenvalue weighted by molar-refractivity contribution is -0.677. The van der Waals surface area contributed by atoms with Crippen molar-refractivity contribution in [1.29, 1.82) is 0 Å². The Labute approximate surface area is 258 Å². The van der Waals surface area contributed by atoms with Crippen molar-refractivity contribution in [2.45, 2.75) is 50.0 Å². The van der Waals surface area contributed by atoms with Gasteiger partial charge in [-0.3, -0.25) is 4.98 Å². The molecule has 42 heavy (non-hydrogen) atoms. The standard InChI is InChI=1S/C32H35Cl2N2O4S2/c1-41(37,38)20-8-4-2-3-5-9-24-13-15-31(30(34)22-24)42(39,40)36(18-19-36)23-25-12-14-29(33)28(21-25)32-27-11-7-6-10-26(27)16-17-35-32/h6-7,10-17,21-22H,2-5,8-9,18-20,23H2,1H3/q+1. The second-order valence-electron chi connectivity index (χ2n) is 11.2. The number of pyridine rings is 1. The quantitative estimate of drug-likeness (QED) is 0.0856. The Bertz CT molecular complexity index is 1820. The van der Waals surface area contributed by atoms with Crippen LogP contribution < -0.4 is 0 Å². The smallest absolute Gasteiger partial charge is 0.256 e. The van der Waals surface area contributed by atoms with Crippen molar-refractivity contribution in [2.75, 3.05) is 25.1 Å². The van der Waals surface area contributed by atoms with Gasteiger partial charge in [0.2, 0.25) is 0 Å². The highest BCUT2D eigenvalue weighted by Crippen LogP contribution is 2.40. The summed E-state index contributed by atoms with van der Waals surface area (Å²) < 4.78 is 50.2. The van der Waals surface area contributed by atoms with E-state index in [1.807, 2.05) is 54.6 Å². The number of halogens is 2. The summed E-state index contributed by atoms with van der Waals surface area (Å²) in [7, 11) is -6.64. The number of hydrogen-bond acceptors (Lipinski definition) is 5. The first kappa shape index (κ1) is 31.0. The van der Waals surface area contributed by atoms with Crippen molar-refractivity contribution in [3.05, 3.63) is 94.1 Å². The molecule has 0 unspecified atom stereocenters. The summed E-state index contributed by atoms with van der Waals surface area (Å²) >= 11 is 13.2. The molecule has 1 aromatic heterocycles. The second-order valence-corrected chi connectivity index (χ2v) is 16.5. The molecule has 2 heterocycles. The first-order chi connectivity index (χ1) is 20.0. The molecule has 0 N–H and O–H groups in total. The highest BCUT2D eigenvalue weighted by molar-refractivity contribution is 7.90. The van der Waals surface area contributed by atoms with Gasteiger partial charge in [0, 0.05) is 34.7 Å². The Balaban J connectivity index is 1.27. The number of aryl methyl sites for hydroxylation is 1. The molecule has 1 aliphatic rings. The minimum Gasteiger partial charge on any atom is -0.256 e. The highest BCUT2D eigenvalue weighted by Gasteiger charge is 2.55. The van der Waals surface area contributed by atoms with E-state index in [1.54, 1.807) is 18.3 Å². The first-order valence-electron chi connectivity index (χ1n) is 14.2. The van der Waals surface area contributed by atoms with Gasteiger partial charge in [-0.05, 0) is 60.5 Å². The molecule has 4 aromatic rings. The number of rotatable bonds is 13. The van der Waals surface area contributed by atoms with Crippen LogP contribution in [0.4, 0.5) is 0 Å². The van der Waals surface area contributed by atoms with E-state index in [0.717, 1.165) is 65.3 Å². The third-order valence-electron chi connectivity index (χ3n) is 7.92. The van der Waals surface area contributed by atoms with Crippen molar-refractivity contribution in [3.63, 3.8) is 0 Å². The molecular formula is C32H35Cl2N2O4S2+. The average Bonchev–Trinajstić information content (AvgIpc) is 3.74. The number of quaternary nitrogens is 1. The zero-order chi connectivity index (χ0) is 30.0. The minimum atomic E-state index is -3.74. The predicted molar refractivity (Wildman–Crippen MR) is 171 cm³/mol. The normalized spacial score (nSPS) is 14.7. The van der Waals surface area contributed by atoms with Crippen molar-refractivity contribution in [1.82, 2.24) is 4.98 Å². The van der Waals surface area contributed by atoms with Gasteiger partial charge in [-0.1, -0.05) is 78.9 Å². The molecule has 0 spiro atoms. The Morgan fingerprint density at radius 1 is 0.786 bits per heavy atom. The number of nitrogens with zero attached hydrogens (tertiary/aromatic N) is 2. The molecule has 0 amide bonds. The second kappa shape index (κ2) is 12.6. The van der Waals surface area contributed by atoms with Crippen LogP contribution in [-0.4, -0.2) is 50.8 Å². The van der Waals surface area contributed by atoms with Crippen LogP contribution in [0.25, 0.3) is 22.0 Å². The fraction of sp³-hybridized carbons (Fsp3) is 0.344. The number of sulfonamides is 1. The van der Waals surface area contributed by atoms with Crippen LogP contribution in [0.5, 0.6) is 0 Å². The van der Waals surface area contributed by atoms with Gasteiger partial charge in [0.1, 0.15) is 34.4 Å². The summed E-state index contributed by atoms with van der Waals surface area (Å²) in [4.78, 5) is 4.77. The van der Waals surface area contributed by atoms with E-state index in [4.69, 9.17) is 23.2 Å². The minimum absolute atomic E-state index is 0.0798. The molecule has 0 radical (unpaired) electrons. The van der Waals surface area contributed by atoms with E-state index < -0.39 is 19.9 Å². The van der Waals surface area contributed by atoms with Crippen LogP contribution in [0.3, 0.4) is 0 Å². The molecule has 1 aliphatic heterocycles. The lowest BCUT2D eigenvalue weighted by Gasteiger charge is -2.20. The molecule has 10 heteroatoms. The van der Waals surface area contributed by atoms with Crippen molar-refractivity contribution >= 4 is 53.8 Å². The van der Waals surface area contributed by atoms with E-state index in [2.05, 4.69) is 4.98 Å². The van der Waals surface area contributed by atoms with Gasteiger partial charge < -0.3 is 0 Å². The number of sulfone groups is 1. The lowest BCUT2D eigenvalue weighted by Crippen LogP contribution is -2.33. The van der Waals surface area contributed by atoms with Gasteiger partial charge in [0.15, 0.2) is 0 Å². The SMILES string of the molecule is CS(=O)(=O)CCCCCCCc1ccc(S(=O)(=O)[N+]2(Cc3ccc(Cl)c(-c4nccc5ccccc45)c3)CC2)c(Cl)c1. The van der Waals surface area contributed by atoms with Crippen LogP contribution >= 0.6 is 23.2 Å². The molecule has 6 nitrogen and oxygen atoms in total. The lowest BCUT2D eigenvalue weighted by atomic mass is 10.0. The Morgan fingerprint density at radius 3 is 2.24 bits per heavy atom. The fourth-order valence-electron chi connectivity index (χ4n) is 5.46. The largest absolute Gasteiger partial charge is 0.329 e. The number of aromatic nitrogens is 1. The molecule has 1 fully saturated rings. The number of unbranched alkanes of at least 4 members (excludes halogenated alkanes) is 4. The molecule has 0 aliphatic carbocycles. The van der Waals surface area contributed by atoms with Crippen LogP contribution in [0.15, 0.2) is 77.8 Å². The summed E-state index contributed by atoms with van der Waals surface area (Å²) in [5.74, 6) is 0.235. The third-order valence-corrected chi connectivity index (χ3v) is 12.1. The summed E-state index contributed by atoms with van der Waals surface area (Å²) in [5, 5.41) is 2.86. The summed E-state index contributed by atoms with van der Waals surface area (Å²) in [6, 6.07) is 20.9. The topological polar surface area (TPSA) is 81.2 Å². The van der Waals surface area contributed by atoms with Gasteiger partial charge in [-0.2, -0.15) is 8.42 Å². The summed E-state index contributed by atoms with van der Waals surface area (Å²) in [5.41, 5.74) is 3.42. The van der Waals surface area contributed by atoms with Gasteiger partial charge in [0.05, 0.1) is 15.7 Å². The van der Waals surface area contributed by atoms with Crippen LogP contribution in [0.1, 0.15) is 43.2 Å². The third kappa shape index (κ3) is 7.00.